The second kappa shape index (κ2) is 5.76. The van der Waals surface area contributed by atoms with E-state index in [4.69, 9.17) is 5.73 Å². The lowest BCUT2D eigenvalue weighted by Crippen LogP contribution is -2.08. The van der Waals surface area contributed by atoms with Gasteiger partial charge in [-0.3, -0.25) is 5.10 Å². The largest absolute Gasteiger partial charge is 0.382 e. The Bertz CT molecular complexity index is 1060. The van der Waals surface area contributed by atoms with E-state index in [1.54, 1.807) is 16.9 Å². The molecule has 1 fully saturated rings. The topological polar surface area (TPSA) is 109 Å². The van der Waals surface area contributed by atoms with Crippen LogP contribution in [-0.2, 0) is 0 Å². The fourth-order valence-corrected chi connectivity index (χ4v) is 2.93. The maximum atomic E-state index is 6.01. The number of aromatic amines is 1. The van der Waals surface area contributed by atoms with Gasteiger partial charge in [0.2, 0.25) is 0 Å². The standard InChI is InChI=1S/C18H18N8/c19-16-10-20-18-15(22-12-4-5-12)9-17(25-26(16)18)23-13-3-1-2-11(8-13)14-6-7-21-24-14/h1-3,6-10,12,22H,4-5,19H2,(H,21,24)(H,23,25). The Morgan fingerprint density at radius 2 is 2.12 bits per heavy atom. The molecule has 0 radical (unpaired) electrons. The highest BCUT2D eigenvalue weighted by atomic mass is 15.3. The van der Waals surface area contributed by atoms with Gasteiger partial charge in [-0.1, -0.05) is 12.1 Å². The van der Waals surface area contributed by atoms with E-state index in [0.29, 0.717) is 17.7 Å². The number of nitrogens with two attached hydrogens (primary N) is 1. The van der Waals surface area contributed by atoms with E-state index in [2.05, 4.69) is 30.9 Å². The quantitative estimate of drug-likeness (QED) is 0.442. The molecule has 1 aromatic carbocycles. The lowest BCUT2D eigenvalue weighted by atomic mass is 10.1. The monoisotopic (exact) mass is 346 g/mol. The first-order valence-electron chi connectivity index (χ1n) is 8.54. The Balaban J connectivity index is 1.51. The molecule has 0 amide bonds. The van der Waals surface area contributed by atoms with Gasteiger partial charge < -0.3 is 16.4 Å². The third kappa shape index (κ3) is 2.71. The zero-order valence-corrected chi connectivity index (χ0v) is 14.0. The molecule has 0 unspecified atom stereocenters. The first kappa shape index (κ1) is 14.8. The molecule has 0 spiro atoms. The van der Waals surface area contributed by atoms with Crippen molar-refractivity contribution in [3.8, 4) is 11.3 Å². The highest BCUT2D eigenvalue weighted by Gasteiger charge is 2.23. The normalized spacial score (nSPS) is 13.8. The Hall–Kier alpha value is -3.55. The maximum Gasteiger partial charge on any atom is 0.179 e. The van der Waals surface area contributed by atoms with E-state index >= 15 is 0 Å². The van der Waals surface area contributed by atoms with Gasteiger partial charge in [-0.15, -0.1) is 5.10 Å². The van der Waals surface area contributed by atoms with Crippen molar-refractivity contribution < 1.29 is 0 Å². The van der Waals surface area contributed by atoms with Crippen LogP contribution in [0.4, 0.5) is 23.0 Å². The molecule has 5 N–H and O–H groups in total. The summed E-state index contributed by atoms with van der Waals surface area (Å²) in [4.78, 5) is 4.37. The molecule has 8 nitrogen and oxygen atoms in total. The number of imidazole rings is 1. The lowest BCUT2D eigenvalue weighted by Gasteiger charge is -2.11. The van der Waals surface area contributed by atoms with Crippen molar-refractivity contribution in [2.45, 2.75) is 18.9 Å². The second-order valence-electron chi connectivity index (χ2n) is 6.46. The van der Waals surface area contributed by atoms with E-state index in [0.717, 1.165) is 28.3 Å². The van der Waals surface area contributed by atoms with Gasteiger partial charge in [-0.2, -0.15) is 9.61 Å². The number of hydrogen-bond donors (Lipinski definition) is 4. The second-order valence-corrected chi connectivity index (χ2v) is 6.46. The van der Waals surface area contributed by atoms with Crippen molar-refractivity contribution in [3.63, 3.8) is 0 Å². The van der Waals surface area contributed by atoms with Crippen molar-refractivity contribution >= 4 is 28.7 Å². The first-order chi connectivity index (χ1) is 12.8. The summed E-state index contributed by atoms with van der Waals surface area (Å²) in [5.74, 6) is 1.21. The van der Waals surface area contributed by atoms with Gasteiger partial charge in [0.25, 0.3) is 0 Å². The Morgan fingerprint density at radius 1 is 1.19 bits per heavy atom. The number of rotatable bonds is 5. The van der Waals surface area contributed by atoms with Crippen LogP contribution in [0, 0.1) is 0 Å². The zero-order chi connectivity index (χ0) is 17.5. The van der Waals surface area contributed by atoms with E-state index in [1.807, 2.05) is 36.4 Å². The molecule has 5 rings (SSSR count). The molecule has 0 aliphatic heterocycles. The fourth-order valence-electron chi connectivity index (χ4n) is 2.93. The van der Waals surface area contributed by atoms with Crippen LogP contribution >= 0.6 is 0 Å². The smallest absolute Gasteiger partial charge is 0.179 e. The highest BCUT2D eigenvalue weighted by Crippen LogP contribution is 2.30. The number of fused-ring (bicyclic) bond motifs is 1. The van der Waals surface area contributed by atoms with Gasteiger partial charge >= 0.3 is 0 Å². The number of nitrogen functional groups attached to an aromatic ring is 1. The van der Waals surface area contributed by atoms with Crippen LogP contribution in [0.3, 0.4) is 0 Å². The number of nitrogens with zero attached hydrogens (tertiary/aromatic N) is 4. The molecule has 26 heavy (non-hydrogen) atoms. The van der Waals surface area contributed by atoms with E-state index in [9.17, 15) is 0 Å². The SMILES string of the molecule is Nc1cnc2c(NC3CC3)cc(Nc3cccc(-c4ccn[nH]4)c3)nn12. The van der Waals surface area contributed by atoms with Crippen LogP contribution in [0.15, 0.2) is 48.8 Å². The van der Waals surface area contributed by atoms with Gasteiger partial charge in [0.1, 0.15) is 5.82 Å². The number of hydrogen-bond acceptors (Lipinski definition) is 6. The van der Waals surface area contributed by atoms with Gasteiger partial charge in [0.05, 0.1) is 17.6 Å². The van der Waals surface area contributed by atoms with Crippen molar-refractivity contribution in [2.75, 3.05) is 16.4 Å². The minimum atomic E-state index is 0.508. The predicted molar refractivity (Wildman–Crippen MR) is 101 cm³/mol. The van der Waals surface area contributed by atoms with Crippen molar-refractivity contribution in [1.82, 2.24) is 24.8 Å². The van der Waals surface area contributed by atoms with E-state index in [1.165, 1.54) is 12.8 Å². The summed E-state index contributed by atoms with van der Waals surface area (Å²) in [6.07, 6.45) is 5.73. The minimum absolute atomic E-state index is 0.508. The minimum Gasteiger partial charge on any atom is -0.382 e. The predicted octanol–water partition coefficient (Wildman–Crippen LogP) is 3.02. The third-order valence-electron chi connectivity index (χ3n) is 4.38. The average Bonchev–Trinajstić information content (AvgIpc) is 3.15. The van der Waals surface area contributed by atoms with Crippen LogP contribution in [0.25, 0.3) is 16.9 Å². The Kier molecular flexibility index (Phi) is 3.27. The Labute approximate surface area is 149 Å². The van der Waals surface area contributed by atoms with Gasteiger partial charge in [-0.05, 0) is 31.0 Å². The van der Waals surface area contributed by atoms with Gasteiger partial charge in [0.15, 0.2) is 11.5 Å². The summed E-state index contributed by atoms with van der Waals surface area (Å²) in [6, 6.07) is 12.5. The number of H-pyrrole nitrogens is 1. The molecule has 0 bridgehead atoms. The highest BCUT2D eigenvalue weighted by molar-refractivity contribution is 5.75. The van der Waals surface area contributed by atoms with E-state index in [-0.39, 0.29) is 0 Å². The average molecular weight is 346 g/mol. The molecule has 3 aromatic heterocycles. The van der Waals surface area contributed by atoms with Crippen LogP contribution in [0.2, 0.25) is 0 Å². The molecule has 130 valence electrons. The van der Waals surface area contributed by atoms with Gasteiger partial charge in [0, 0.05) is 29.6 Å². The molecular formula is C18H18N8. The third-order valence-corrected chi connectivity index (χ3v) is 4.38. The molecule has 1 aliphatic carbocycles. The molecule has 1 aliphatic rings. The van der Waals surface area contributed by atoms with Crippen molar-refractivity contribution in [3.05, 3.63) is 48.8 Å². The van der Waals surface area contributed by atoms with E-state index < -0.39 is 0 Å². The lowest BCUT2D eigenvalue weighted by molar-refractivity contribution is 0.949. The van der Waals surface area contributed by atoms with Crippen LogP contribution < -0.4 is 16.4 Å². The molecule has 0 saturated heterocycles. The van der Waals surface area contributed by atoms with Crippen LogP contribution in [-0.4, -0.2) is 30.8 Å². The molecular weight excluding hydrogens is 328 g/mol. The first-order valence-corrected chi connectivity index (χ1v) is 8.54. The summed E-state index contributed by atoms with van der Waals surface area (Å²) in [7, 11) is 0. The molecule has 8 heteroatoms. The molecule has 0 atom stereocenters. The summed E-state index contributed by atoms with van der Waals surface area (Å²) in [5.41, 5.74) is 10.6. The van der Waals surface area contributed by atoms with Crippen LogP contribution in [0.1, 0.15) is 12.8 Å². The summed E-state index contributed by atoms with van der Waals surface area (Å²) in [5, 5.41) is 18.4. The van der Waals surface area contributed by atoms with Crippen molar-refractivity contribution in [1.29, 1.82) is 0 Å². The number of aromatic nitrogens is 5. The number of anilines is 4. The fraction of sp³-hybridized carbons (Fsp3) is 0.167. The summed E-state index contributed by atoms with van der Waals surface area (Å²) in [6.45, 7) is 0. The zero-order valence-electron chi connectivity index (χ0n) is 14.0. The maximum absolute atomic E-state index is 6.01. The van der Waals surface area contributed by atoms with Crippen LogP contribution in [0.5, 0.6) is 0 Å². The Morgan fingerprint density at radius 3 is 2.92 bits per heavy atom. The van der Waals surface area contributed by atoms with Gasteiger partial charge in [-0.25, -0.2) is 4.98 Å². The molecule has 3 heterocycles. The molecule has 4 aromatic rings. The number of nitrogens with one attached hydrogen (secondary N) is 3. The summed E-state index contributed by atoms with van der Waals surface area (Å²) < 4.78 is 1.66. The number of benzene rings is 1. The van der Waals surface area contributed by atoms with Crippen molar-refractivity contribution in [2.24, 2.45) is 0 Å². The summed E-state index contributed by atoms with van der Waals surface area (Å²) >= 11 is 0. The molecule has 1 saturated carbocycles.